The van der Waals surface area contributed by atoms with Crippen LogP contribution >= 0.6 is 11.6 Å². The van der Waals surface area contributed by atoms with E-state index in [1.807, 2.05) is 24.3 Å². The van der Waals surface area contributed by atoms with Crippen LogP contribution in [-0.4, -0.2) is 63.5 Å². The highest BCUT2D eigenvalue weighted by Gasteiger charge is 2.33. The summed E-state index contributed by atoms with van der Waals surface area (Å²) in [5.41, 5.74) is 6.94. The van der Waals surface area contributed by atoms with Crippen molar-refractivity contribution in [2.45, 2.75) is 12.8 Å². The van der Waals surface area contributed by atoms with Gasteiger partial charge in [-0.15, -0.1) is 0 Å². The Hall–Kier alpha value is -1.53. The smallest absolute Gasteiger partial charge is 0.191 e. The van der Waals surface area contributed by atoms with Crippen LogP contribution in [0.2, 0.25) is 5.02 Å². The van der Waals surface area contributed by atoms with Gasteiger partial charge in [-0.2, -0.15) is 0 Å². The van der Waals surface area contributed by atoms with Gasteiger partial charge in [-0.25, -0.2) is 0 Å². The summed E-state index contributed by atoms with van der Waals surface area (Å²) in [6.45, 7) is 4.67. The van der Waals surface area contributed by atoms with Gasteiger partial charge in [-0.1, -0.05) is 11.6 Å². The molecule has 0 atom stereocenters. The lowest BCUT2D eigenvalue weighted by molar-refractivity contribution is 0.00683. The molecule has 2 N–H and O–H groups in total. The molecule has 0 aliphatic carbocycles. The van der Waals surface area contributed by atoms with Crippen LogP contribution in [0.15, 0.2) is 29.3 Å². The van der Waals surface area contributed by atoms with E-state index in [0.717, 1.165) is 36.9 Å². The normalized spacial score (nSPS) is 21.4. The number of ether oxygens (including phenoxy) is 1. The van der Waals surface area contributed by atoms with Crippen molar-refractivity contribution < 1.29 is 9.13 Å². The molecule has 2 fully saturated rings. The number of nitrogens with zero attached hydrogens (tertiary/aromatic N) is 3. The van der Waals surface area contributed by atoms with E-state index < -0.39 is 5.41 Å². The van der Waals surface area contributed by atoms with Crippen molar-refractivity contribution in [3.63, 3.8) is 0 Å². The molecule has 25 heavy (non-hydrogen) atoms. The summed E-state index contributed by atoms with van der Waals surface area (Å²) >= 11 is 5.94. The SMILES string of the molecule is NC(=NCC1(CF)CCOCC1)N1CCN(c2ccc(Cl)cc2)CC1. The third-order valence-electron chi connectivity index (χ3n) is 5.21. The number of piperazine rings is 1. The second kappa shape index (κ2) is 8.23. The van der Waals surface area contributed by atoms with Gasteiger partial charge < -0.3 is 20.3 Å². The predicted molar refractivity (Wildman–Crippen MR) is 100 cm³/mol. The fraction of sp³-hybridized carbons (Fsp3) is 0.611. The van der Waals surface area contributed by atoms with Crippen LogP contribution in [0.25, 0.3) is 0 Å². The standard InChI is InChI=1S/C18H26ClFN4O/c19-15-1-3-16(4-2-15)23-7-9-24(10-8-23)17(21)22-14-18(13-20)5-11-25-12-6-18/h1-4H,5-14H2,(H2,21,22). The lowest BCUT2D eigenvalue weighted by Gasteiger charge is -2.37. The zero-order chi connectivity index (χ0) is 17.7. The van der Waals surface area contributed by atoms with Crippen LogP contribution in [0.1, 0.15) is 12.8 Å². The first-order chi connectivity index (χ1) is 12.1. The highest BCUT2D eigenvalue weighted by molar-refractivity contribution is 6.30. The molecule has 1 aromatic carbocycles. The maximum atomic E-state index is 13.5. The fourth-order valence-corrected chi connectivity index (χ4v) is 3.46. The average Bonchev–Trinajstić information content (AvgIpc) is 2.67. The van der Waals surface area contributed by atoms with Gasteiger partial charge in [-0.3, -0.25) is 9.38 Å². The van der Waals surface area contributed by atoms with E-state index >= 15 is 0 Å². The topological polar surface area (TPSA) is 54.1 Å². The predicted octanol–water partition coefficient (Wildman–Crippen LogP) is 2.54. The van der Waals surface area contributed by atoms with Gasteiger partial charge in [0.2, 0.25) is 0 Å². The van der Waals surface area contributed by atoms with Crippen molar-refractivity contribution in [2.24, 2.45) is 16.1 Å². The summed E-state index contributed by atoms with van der Waals surface area (Å²) in [5.74, 6) is 0.523. The zero-order valence-electron chi connectivity index (χ0n) is 14.5. The number of rotatable bonds is 4. The Labute approximate surface area is 153 Å². The molecule has 0 bridgehead atoms. The summed E-state index contributed by atoms with van der Waals surface area (Å²) in [5, 5.41) is 0.744. The van der Waals surface area contributed by atoms with E-state index in [0.29, 0.717) is 38.6 Å². The summed E-state index contributed by atoms with van der Waals surface area (Å²) in [4.78, 5) is 8.90. The number of hydrogen-bond acceptors (Lipinski definition) is 3. The summed E-state index contributed by atoms with van der Waals surface area (Å²) in [6.07, 6.45) is 1.43. The van der Waals surface area contributed by atoms with Gasteiger partial charge in [0.15, 0.2) is 5.96 Å². The molecular formula is C18H26ClFN4O. The Morgan fingerprint density at radius 2 is 1.80 bits per heavy atom. The highest BCUT2D eigenvalue weighted by atomic mass is 35.5. The number of alkyl halides is 1. The van der Waals surface area contributed by atoms with E-state index in [1.54, 1.807) is 0 Å². The third-order valence-corrected chi connectivity index (χ3v) is 5.46. The zero-order valence-corrected chi connectivity index (χ0v) is 15.2. The lowest BCUT2D eigenvalue weighted by Crippen LogP contribution is -2.51. The molecule has 0 saturated carbocycles. The van der Waals surface area contributed by atoms with E-state index in [1.165, 1.54) is 0 Å². The molecule has 2 aliphatic rings. The van der Waals surface area contributed by atoms with E-state index in [-0.39, 0.29) is 6.67 Å². The molecule has 1 aromatic rings. The van der Waals surface area contributed by atoms with Crippen molar-refractivity contribution in [3.8, 4) is 0 Å². The number of halogens is 2. The number of hydrogen-bond donors (Lipinski definition) is 1. The fourth-order valence-electron chi connectivity index (χ4n) is 3.33. The number of anilines is 1. The lowest BCUT2D eigenvalue weighted by atomic mass is 9.82. The average molecular weight is 369 g/mol. The first-order valence-corrected chi connectivity index (χ1v) is 9.19. The van der Waals surface area contributed by atoms with Crippen molar-refractivity contribution >= 4 is 23.2 Å². The second-order valence-corrected chi connectivity index (χ2v) is 7.31. The third kappa shape index (κ3) is 4.55. The van der Waals surface area contributed by atoms with E-state index in [9.17, 15) is 4.39 Å². The van der Waals surface area contributed by atoms with Crippen LogP contribution in [-0.2, 0) is 4.74 Å². The Bertz CT molecular complexity index is 581. The molecule has 3 rings (SSSR count). The maximum Gasteiger partial charge on any atom is 0.191 e. The van der Waals surface area contributed by atoms with Crippen LogP contribution in [0.4, 0.5) is 10.1 Å². The number of aliphatic imine (C=N–C) groups is 1. The van der Waals surface area contributed by atoms with Gasteiger partial charge in [-0.05, 0) is 37.1 Å². The van der Waals surface area contributed by atoms with Crippen molar-refractivity contribution in [1.82, 2.24) is 4.90 Å². The molecule has 0 unspecified atom stereocenters. The van der Waals surface area contributed by atoms with Gasteiger partial charge in [0.05, 0.1) is 13.2 Å². The minimum absolute atomic E-state index is 0.364. The number of nitrogens with two attached hydrogens (primary N) is 1. The van der Waals surface area contributed by atoms with E-state index in [2.05, 4.69) is 14.8 Å². The van der Waals surface area contributed by atoms with Gasteiger partial charge in [0.1, 0.15) is 0 Å². The quantitative estimate of drug-likeness (QED) is 0.655. The van der Waals surface area contributed by atoms with Gasteiger partial charge in [0.25, 0.3) is 0 Å². The molecule has 138 valence electrons. The molecule has 7 heteroatoms. The van der Waals surface area contributed by atoms with Crippen LogP contribution < -0.4 is 10.6 Å². The Morgan fingerprint density at radius 3 is 2.40 bits per heavy atom. The van der Waals surface area contributed by atoms with Crippen molar-refractivity contribution in [3.05, 3.63) is 29.3 Å². The molecular weight excluding hydrogens is 343 g/mol. The first kappa shape index (κ1) is 18.3. The van der Waals surface area contributed by atoms with Crippen molar-refractivity contribution in [2.75, 3.05) is 57.5 Å². The largest absolute Gasteiger partial charge is 0.381 e. The Balaban J connectivity index is 1.53. The van der Waals surface area contributed by atoms with Crippen LogP contribution in [0, 0.1) is 5.41 Å². The molecule has 2 saturated heterocycles. The summed E-state index contributed by atoms with van der Waals surface area (Å²) in [6, 6.07) is 7.88. The Kier molecular flexibility index (Phi) is 6.02. The monoisotopic (exact) mass is 368 g/mol. The molecule has 2 heterocycles. The summed E-state index contributed by atoms with van der Waals surface area (Å²) < 4.78 is 18.8. The summed E-state index contributed by atoms with van der Waals surface area (Å²) in [7, 11) is 0. The molecule has 0 spiro atoms. The molecule has 0 radical (unpaired) electrons. The molecule has 2 aliphatic heterocycles. The van der Waals surface area contributed by atoms with E-state index in [4.69, 9.17) is 22.1 Å². The first-order valence-electron chi connectivity index (χ1n) is 8.81. The van der Waals surface area contributed by atoms with Gasteiger partial charge in [0, 0.05) is 55.5 Å². The highest BCUT2D eigenvalue weighted by Crippen LogP contribution is 2.31. The Morgan fingerprint density at radius 1 is 1.16 bits per heavy atom. The second-order valence-electron chi connectivity index (χ2n) is 6.87. The number of benzene rings is 1. The van der Waals surface area contributed by atoms with Crippen molar-refractivity contribution in [1.29, 1.82) is 0 Å². The molecule has 0 aromatic heterocycles. The van der Waals surface area contributed by atoms with Crippen LogP contribution in [0.3, 0.4) is 0 Å². The minimum atomic E-state index is -0.395. The number of guanidine groups is 1. The minimum Gasteiger partial charge on any atom is -0.381 e. The van der Waals surface area contributed by atoms with Crippen LogP contribution in [0.5, 0.6) is 0 Å². The maximum absolute atomic E-state index is 13.5. The molecule has 5 nitrogen and oxygen atoms in total. The molecule has 0 amide bonds. The van der Waals surface area contributed by atoms with Gasteiger partial charge >= 0.3 is 0 Å².